The summed E-state index contributed by atoms with van der Waals surface area (Å²) in [6, 6.07) is 5.35. The molecular formula is C13H18FNO3. The predicted octanol–water partition coefficient (Wildman–Crippen LogP) is 0.810. The van der Waals surface area contributed by atoms with Crippen molar-refractivity contribution in [3.8, 4) is 5.75 Å². The second kappa shape index (κ2) is 6.13. The van der Waals surface area contributed by atoms with Crippen molar-refractivity contribution in [3.05, 3.63) is 29.6 Å². The summed E-state index contributed by atoms with van der Waals surface area (Å²) in [5.74, 6) is -0.354. The lowest BCUT2D eigenvalue weighted by atomic mass is 10.2. The van der Waals surface area contributed by atoms with Gasteiger partial charge >= 0.3 is 0 Å². The van der Waals surface area contributed by atoms with E-state index < -0.39 is 18.5 Å². The van der Waals surface area contributed by atoms with Crippen LogP contribution >= 0.6 is 0 Å². The topological polar surface area (TPSA) is 61.7 Å². The molecule has 0 aliphatic heterocycles. The molecule has 0 spiro atoms. The Kier molecular flexibility index (Phi) is 4.52. The number of aliphatic hydroxyl groups is 2. The van der Waals surface area contributed by atoms with E-state index in [9.17, 15) is 4.39 Å². The maximum atomic E-state index is 13.6. The number of nitrogens with one attached hydrogen (secondary N) is 1. The third-order valence-corrected chi connectivity index (χ3v) is 2.81. The van der Waals surface area contributed by atoms with Crippen LogP contribution in [0.3, 0.4) is 0 Å². The molecule has 1 saturated carbocycles. The first-order chi connectivity index (χ1) is 8.69. The fraction of sp³-hybridized carbons (Fsp3) is 0.538. The van der Waals surface area contributed by atoms with E-state index >= 15 is 0 Å². The van der Waals surface area contributed by atoms with E-state index in [1.165, 1.54) is 18.9 Å². The highest BCUT2D eigenvalue weighted by molar-refractivity contribution is 5.29. The van der Waals surface area contributed by atoms with Gasteiger partial charge in [0.2, 0.25) is 0 Å². The van der Waals surface area contributed by atoms with Crippen LogP contribution < -0.4 is 10.1 Å². The number of benzene rings is 1. The van der Waals surface area contributed by atoms with Crippen molar-refractivity contribution in [2.75, 3.05) is 13.2 Å². The molecule has 1 atom stereocenters. The lowest BCUT2D eigenvalue weighted by molar-refractivity contribution is 0.0523. The Morgan fingerprint density at radius 2 is 2.22 bits per heavy atom. The highest BCUT2D eigenvalue weighted by Crippen LogP contribution is 2.21. The molecule has 4 nitrogen and oxygen atoms in total. The van der Waals surface area contributed by atoms with Gasteiger partial charge in [-0.3, -0.25) is 0 Å². The Morgan fingerprint density at radius 1 is 1.44 bits per heavy atom. The fourth-order valence-electron chi connectivity index (χ4n) is 1.56. The third kappa shape index (κ3) is 3.94. The van der Waals surface area contributed by atoms with Gasteiger partial charge in [-0.05, 0) is 30.5 Å². The SMILES string of the molecule is OCC(O)COc1ccc(CNC2CC2)cc1F. The van der Waals surface area contributed by atoms with Gasteiger partial charge in [0.1, 0.15) is 12.7 Å². The summed E-state index contributed by atoms with van der Waals surface area (Å²) in [7, 11) is 0. The van der Waals surface area contributed by atoms with Crippen molar-refractivity contribution < 1.29 is 19.3 Å². The van der Waals surface area contributed by atoms with Crippen LogP contribution in [0.5, 0.6) is 5.75 Å². The van der Waals surface area contributed by atoms with Crippen LogP contribution in [0, 0.1) is 5.82 Å². The number of aliphatic hydroxyl groups excluding tert-OH is 2. The summed E-state index contributed by atoms with van der Waals surface area (Å²) in [5.41, 5.74) is 0.870. The van der Waals surface area contributed by atoms with E-state index in [4.69, 9.17) is 14.9 Å². The van der Waals surface area contributed by atoms with Crippen molar-refractivity contribution in [2.45, 2.75) is 31.5 Å². The van der Waals surface area contributed by atoms with Crippen LogP contribution in [0.15, 0.2) is 18.2 Å². The van der Waals surface area contributed by atoms with Crippen LogP contribution in [0.1, 0.15) is 18.4 Å². The van der Waals surface area contributed by atoms with E-state index in [-0.39, 0.29) is 12.4 Å². The van der Waals surface area contributed by atoms with E-state index in [1.54, 1.807) is 12.1 Å². The van der Waals surface area contributed by atoms with Crippen LogP contribution in [0.25, 0.3) is 0 Å². The van der Waals surface area contributed by atoms with Gasteiger partial charge in [0.15, 0.2) is 11.6 Å². The van der Waals surface area contributed by atoms with Crippen LogP contribution in [-0.2, 0) is 6.54 Å². The molecule has 0 saturated heterocycles. The Morgan fingerprint density at radius 3 is 2.83 bits per heavy atom. The van der Waals surface area contributed by atoms with Gasteiger partial charge < -0.3 is 20.3 Å². The number of rotatable bonds is 7. The van der Waals surface area contributed by atoms with Crippen molar-refractivity contribution in [1.29, 1.82) is 0 Å². The van der Waals surface area contributed by atoms with E-state index in [2.05, 4.69) is 5.32 Å². The Bertz CT molecular complexity index is 396. The summed E-state index contributed by atoms with van der Waals surface area (Å²) in [6.07, 6.45) is 1.41. The molecule has 5 heteroatoms. The minimum atomic E-state index is -0.986. The van der Waals surface area contributed by atoms with Gasteiger partial charge in [0.05, 0.1) is 6.61 Å². The summed E-state index contributed by atoms with van der Waals surface area (Å²) in [4.78, 5) is 0. The van der Waals surface area contributed by atoms with Crippen LogP contribution in [0.4, 0.5) is 4.39 Å². The van der Waals surface area contributed by atoms with E-state index in [0.29, 0.717) is 12.6 Å². The average Bonchev–Trinajstić information content (AvgIpc) is 3.18. The Balaban J connectivity index is 1.87. The van der Waals surface area contributed by atoms with Crippen molar-refractivity contribution in [2.24, 2.45) is 0 Å². The third-order valence-electron chi connectivity index (χ3n) is 2.81. The summed E-state index contributed by atoms with van der Waals surface area (Å²) in [5, 5.41) is 21.0. The first-order valence-electron chi connectivity index (χ1n) is 6.12. The highest BCUT2D eigenvalue weighted by atomic mass is 19.1. The lowest BCUT2D eigenvalue weighted by Gasteiger charge is -2.11. The molecule has 18 heavy (non-hydrogen) atoms. The van der Waals surface area contributed by atoms with Gasteiger partial charge in [-0.1, -0.05) is 6.07 Å². The largest absolute Gasteiger partial charge is 0.488 e. The minimum Gasteiger partial charge on any atom is -0.488 e. The Labute approximate surface area is 105 Å². The monoisotopic (exact) mass is 255 g/mol. The van der Waals surface area contributed by atoms with Crippen molar-refractivity contribution in [3.63, 3.8) is 0 Å². The molecule has 100 valence electrons. The molecule has 1 aromatic carbocycles. The fourth-order valence-corrected chi connectivity index (χ4v) is 1.56. The molecule has 0 aromatic heterocycles. The van der Waals surface area contributed by atoms with Crippen LogP contribution in [-0.4, -0.2) is 35.6 Å². The van der Waals surface area contributed by atoms with Gasteiger partial charge in [-0.2, -0.15) is 0 Å². The first-order valence-corrected chi connectivity index (χ1v) is 6.12. The number of hydrogen-bond acceptors (Lipinski definition) is 4. The normalized spacial score (nSPS) is 16.6. The lowest BCUT2D eigenvalue weighted by Crippen LogP contribution is -2.21. The first kappa shape index (κ1) is 13.3. The van der Waals surface area contributed by atoms with Crippen molar-refractivity contribution in [1.82, 2.24) is 5.32 Å². The summed E-state index contributed by atoms with van der Waals surface area (Å²) >= 11 is 0. The molecular weight excluding hydrogens is 237 g/mol. The molecule has 2 rings (SSSR count). The van der Waals surface area contributed by atoms with Gasteiger partial charge in [-0.15, -0.1) is 0 Å². The summed E-state index contributed by atoms with van der Waals surface area (Å²) < 4.78 is 18.7. The highest BCUT2D eigenvalue weighted by Gasteiger charge is 2.20. The van der Waals surface area contributed by atoms with Crippen LogP contribution in [0.2, 0.25) is 0 Å². The minimum absolute atomic E-state index is 0.0951. The molecule has 1 aliphatic carbocycles. The second-order valence-electron chi connectivity index (χ2n) is 4.57. The molecule has 0 amide bonds. The molecule has 1 aliphatic rings. The van der Waals surface area contributed by atoms with Gasteiger partial charge in [-0.25, -0.2) is 4.39 Å². The van der Waals surface area contributed by atoms with Gasteiger partial charge in [0, 0.05) is 12.6 Å². The molecule has 1 fully saturated rings. The maximum absolute atomic E-state index is 13.6. The second-order valence-corrected chi connectivity index (χ2v) is 4.57. The number of ether oxygens (including phenoxy) is 1. The molecule has 1 aromatic rings. The molecule has 0 radical (unpaired) electrons. The standard InChI is InChI=1S/C13H18FNO3/c14-12-5-9(6-15-10-2-3-10)1-4-13(12)18-8-11(17)7-16/h1,4-5,10-11,15-17H,2-3,6-8H2. The van der Waals surface area contributed by atoms with Crippen molar-refractivity contribution >= 4 is 0 Å². The van der Waals surface area contributed by atoms with E-state index in [0.717, 1.165) is 5.56 Å². The molecule has 0 bridgehead atoms. The zero-order valence-corrected chi connectivity index (χ0v) is 10.1. The number of halogens is 1. The Hall–Kier alpha value is -1.17. The number of hydrogen-bond donors (Lipinski definition) is 3. The molecule has 1 unspecified atom stereocenters. The zero-order valence-electron chi connectivity index (χ0n) is 10.1. The van der Waals surface area contributed by atoms with Gasteiger partial charge in [0.25, 0.3) is 0 Å². The van der Waals surface area contributed by atoms with E-state index in [1.807, 2.05) is 0 Å². The molecule has 0 heterocycles. The summed E-state index contributed by atoms with van der Waals surface area (Å²) in [6.45, 7) is 0.138. The smallest absolute Gasteiger partial charge is 0.165 e. The predicted molar refractivity (Wildman–Crippen MR) is 64.8 cm³/mol. The molecule has 3 N–H and O–H groups in total. The average molecular weight is 255 g/mol. The maximum Gasteiger partial charge on any atom is 0.165 e. The zero-order chi connectivity index (χ0) is 13.0. The quantitative estimate of drug-likeness (QED) is 0.675.